The van der Waals surface area contributed by atoms with Crippen LogP contribution in [-0.2, 0) is 9.59 Å². The number of methoxy groups -OCH3 is 1. The fraction of sp³-hybridized carbons (Fsp3) is 0.214. The van der Waals surface area contributed by atoms with E-state index in [1.165, 1.54) is 21.2 Å². The highest BCUT2D eigenvalue weighted by Crippen LogP contribution is 2.36. The highest BCUT2D eigenvalue weighted by molar-refractivity contribution is 6.30. The Labute approximate surface area is 135 Å². The molecule has 0 aromatic heterocycles. The fourth-order valence-electron chi connectivity index (χ4n) is 2.12. The molecule has 1 N–H and O–H groups in total. The lowest BCUT2D eigenvalue weighted by atomic mass is 10.0. The van der Waals surface area contributed by atoms with Gasteiger partial charge in [0.25, 0.3) is 17.5 Å². The first kappa shape index (κ1) is 16.9. The maximum Gasteiger partial charge on any atom is 0.333 e. The SMILES string of the molecule is COc1cc([N+](=O)[O-])cc(C=C2C(=O)N(C)C(=O)N(C)C2=O)c1O. The number of nitro groups is 1. The van der Waals surface area contributed by atoms with Gasteiger partial charge < -0.3 is 9.84 Å². The van der Waals surface area contributed by atoms with Crippen molar-refractivity contribution in [1.29, 1.82) is 0 Å². The summed E-state index contributed by atoms with van der Waals surface area (Å²) in [5, 5.41) is 21.0. The van der Waals surface area contributed by atoms with Gasteiger partial charge in [-0.1, -0.05) is 0 Å². The first-order chi connectivity index (χ1) is 11.2. The number of amides is 4. The van der Waals surface area contributed by atoms with Crippen LogP contribution in [0, 0.1) is 10.1 Å². The average molecular weight is 335 g/mol. The number of barbiturate groups is 1. The number of likely N-dealkylation sites (N-methyl/N-ethyl adjacent to an activating group) is 2. The molecule has 0 saturated carbocycles. The smallest absolute Gasteiger partial charge is 0.333 e. The van der Waals surface area contributed by atoms with Crippen LogP contribution in [0.15, 0.2) is 17.7 Å². The largest absolute Gasteiger partial charge is 0.504 e. The third-order valence-electron chi connectivity index (χ3n) is 3.46. The second-order valence-corrected chi connectivity index (χ2v) is 4.91. The van der Waals surface area contributed by atoms with E-state index in [1.54, 1.807) is 0 Å². The molecule has 0 unspecified atom stereocenters. The van der Waals surface area contributed by atoms with Gasteiger partial charge >= 0.3 is 6.03 Å². The van der Waals surface area contributed by atoms with Gasteiger partial charge in [0.05, 0.1) is 18.1 Å². The zero-order chi connectivity index (χ0) is 18.2. The fourth-order valence-corrected chi connectivity index (χ4v) is 2.12. The van der Waals surface area contributed by atoms with Crippen molar-refractivity contribution in [3.8, 4) is 11.5 Å². The number of carbonyl (C=O) groups is 3. The summed E-state index contributed by atoms with van der Waals surface area (Å²) in [7, 11) is 3.58. The number of aromatic hydroxyl groups is 1. The number of urea groups is 1. The predicted octanol–water partition coefficient (Wildman–Crippen LogP) is 0.743. The van der Waals surface area contributed by atoms with Gasteiger partial charge in [-0.05, 0) is 6.08 Å². The zero-order valence-corrected chi connectivity index (χ0v) is 13.0. The summed E-state index contributed by atoms with van der Waals surface area (Å²) in [4.78, 5) is 47.6. The zero-order valence-electron chi connectivity index (χ0n) is 13.0. The first-order valence-electron chi connectivity index (χ1n) is 6.56. The summed E-state index contributed by atoms with van der Waals surface area (Å²) >= 11 is 0. The van der Waals surface area contributed by atoms with Crippen molar-refractivity contribution in [1.82, 2.24) is 9.80 Å². The van der Waals surface area contributed by atoms with Crippen LogP contribution in [0.25, 0.3) is 6.08 Å². The molecule has 1 aliphatic rings. The third kappa shape index (κ3) is 2.64. The van der Waals surface area contributed by atoms with Gasteiger partial charge in [0.2, 0.25) is 0 Å². The van der Waals surface area contributed by atoms with Crippen molar-refractivity contribution >= 4 is 29.6 Å². The lowest BCUT2D eigenvalue weighted by molar-refractivity contribution is -0.385. The monoisotopic (exact) mass is 335 g/mol. The molecule has 126 valence electrons. The number of phenols is 1. The minimum absolute atomic E-state index is 0.158. The van der Waals surface area contributed by atoms with Gasteiger partial charge in [-0.25, -0.2) is 4.79 Å². The third-order valence-corrected chi connectivity index (χ3v) is 3.46. The Morgan fingerprint density at radius 1 is 1.17 bits per heavy atom. The number of rotatable bonds is 3. The Balaban J connectivity index is 2.63. The van der Waals surface area contributed by atoms with E-state index in [0.717, 1.165) is 28.0 Å². The molecule has 0 atom stereocenters. The number of nitro benzene ring substituents is 1. The number of phenolic OH excluding ortho intramolecular Hbond substituents is 1. The standard InChI is InChI=1S/C14H13N3O7/c1-15-12(19)9(13(20)16(2)14(15)21)5-7-4-8(17(22)23)6-10(24-3)11(7)18/h4-6,18H,1-3H3. The van der Waals surface area contributed by atoms with Crippen LogP contribution in [0.5, 0.6) is 11.5 Å². The number of hydrogen-bond acceptors (Lipinski definition) is 7. The highest BCUT2D eigenvalue weighted by atomic mass is 16.6. The second kappa shape index (κ2) is 5.99. The van der Waals surface area contributed by atoms with Crippen molar-refractivity contribution < 1.29 is 29.2 Å². The molecule has 0 bridgehead atoms. The molecule has 1 aromatic carbocycles. The van der Waals surface area contributed by atoms with E-state index in [-0.39, 0.29) is 11.3 Å². The highest BCUT2D eigenvalue weighted by Gasteiger charge is 2.38. The molecular weight excluding hydrogens is 322 g/mol. The molecule has 10 heteroatoms. The number of benzene rings is 1. The lowest BCUT2D eigenvalue weighted by Gasteiger charge is -2.28. The number of nitrogens with zero attached hydrogens (tertiary/aromatic N) is 3. The lowest BCUT2D eigenvalue weighted by Crippen LogP contribution is -2.52. The van der Waals surface area contributed by atoms with Gasteiger partial charge in [0, 0.05) is 25.7 Å². The Kier molecular flexibility index (Phi) is 4.22. The quantitative estimate of drug-likeness (QED) is 0.373. The van der Waals surface area contributed by atoms with Gasteiger partial charge in [0.1, 0.15) is 5.57 Å². The maximum absolute atomic E-state index is 12.1. The number of imide groups is 2. The first-order valence-corrected chi connectivity index (χ1v) is 6.56. The maximum atomic E-state index is 12.1. The molecule has 24 heavy (non-hydrogen) atoms. The van der Waals surface area contributed by atoms with Crippen molar-refractivity contribution in [2.45, 2.75) is 0 Å². The Bertz CT molecular complexity index is 774. The van der Waals surface area contributed by atoms with E-state index in [0.29, 0.717) is 0 Å². The molecule has 1 heterocycles. The minimum atomic E-state index is -0.882. The molecule has 0 radical (unpaired) electrons. The molecule has 1 saturated heterocycles. The molecule has 0 aliphatic carbocycles. The van der Waals surface area contributed by atoms with Gasteiger partial charge in [0.15, 0.2) is 11.5 Å². The Morgan fingerprint density at radius 3 is 2.17 bits per heavy atom. The van der Waals surface area contributed by atoms with Gasteiger partial charge in [-0.3, -0.25) is 29.5 Å². The topological polar surface area (TPSA) is 130 Å². The molecule has 1 aliphatic heterocycles. The number of hydrogen-bond donors (Lipinski definition) is 1. The van der Waals surface area contributed by atoms with Crippen molar-refractivity contribution in [3.05, 3.63) is 33.4 Å². The van der Waals surface area contributed by atoms with Crippen LogP contribution in [0.4, 0.5) is 10.5 Å². The molecule has 4 amide bonds. The van der Waals surface area contributed by atoms with E-state index in [4.69, 9.17) is 4.74 Å². The molecule has 2 rings (SSSR count). The normalized spacial score (nSPS) is 15.0. The summed E-state index contributed by atoms with van der Waals surface area (Å²) in [5.74, 6) is -2.43. The summed E-state index contributed by atoms with van der Waals surface area (Å²) in [6.45, 7) is 0. The van der Waals surface area contributed by atoms with Crippen molar-refractivity contribution in [3.63, 3.8) is 0 Å². The molecule has 10 nitrogen and oxygen atoms in total. The van der Waals surface area contributed by atoms with Crippen molar-refractivity contribution in [2.75, 3.05) is 21.2 Å². The number of non-ortho nitro benzene ring substituents is 1. The van der Waals surface area contributed by atoms with Crippen LogP contribution in [-0.4, -0.2) is 58.9 Å². The van der Waals surface area contributed by atoms with E-state index in [1.807, 2.05) is 0 Å². The van der Waals surface area contributed by atoms with Crippen LogP contribution in [0.2, 0.25) is 0 Å². The predicted molar refractivity (Wildman–Crippen MR) is 80.2 cm³/mol. The van der Waals surface area contributed by atoms with Crippen molar-refractivity contribution in [2.24, 2.45) is 0 Å². The summed E-state index contributed by atoms with van der Waals surface area (Å²) < 4.78 is 4.85. The van der Waals surface area contributed by atoms with Crippen LogP contribution >= 0.6 is 0 Å². The van der Waals surface area contributed by atoms with E-state index in [2.05, 4.69) is 0 Å². The Hall–Kier alpha value is -3.43. The summed E-state index contributed by atoms with van der Waals surface area (Å²) in [6, 6.07) is 1.19. The van der Waals surface area contributed by atoms with E-state index < -0.39 is 39.8 Å². The number of ether oxygens (including phenoxy) is 1. The van der Waals surface area contributed by atoms with E-state index in [9.17, 15) is 29.6 Å². The Morgan fingerprint density at radius 2 is 1.71 bits per heavy atom. The van der Waals surface area contributed by atoms with Crippen LogP contribution < -0.4 is 4.74 Å². The second-order valence-electron chi connectivity index (χ2n) is 4.91. The van der Waals surface area contributed by atoms with E-state index >= 15 is 0 Å². The summed E-state index contributed by atoms with van der Waals surface area (Å²) in [5.41, 5.74) is -0.976. The molecule has 1 fully saturated rings. The average Bonchev–Trinajstić information content (AvgIpc) is 2.56. The molecule has 0 spiro atoms. The summed E-state index contributed by atoms with van der Waals surface area (Å²) in [6.07, 6.45) is 0.981. The molecular formula is C14H13N3O7. The van der Waals surface area contributed by atoms with Crippen LogP contribution in [0.1, 0.15) is 5.56 Å². The minimum Gasteiger partial charge on any atom is -0.504 e. The molecule has 1 aromatic rings. The van der Waals surface area contributed by atoms with Gasteiger partial charge in [-0.2, -0.15) is 0 Å². The van der Waals surface area contributed by atoms with Crippen LogP contribution in [0.3, 0.4) is 0 Å². The van der Waals surface area contributed by atoms with Gasteiger partial charge in [-0.15, -0.1) is 0 Å². The number of carbonyl (C=O) groups excluding carboxylic acids is 3.